The van der Waals surface area contributed by atoms with E-state index < -0.39 is 32.5 Å². The van der Waals surface area contributed by atoms with Crippen molar-refractivity contribution in [2.24, 2.45) is 0 Å². The number of esters is 2. The molecule has 0 spiro atoms. The fourth-order valence-electron chi connectivity index (χ4n) is 8.54. The Kier molecular flexibility index (Phi) is 59.3. The molecule has 0 aliphatic carbocycles. The van der Waals surface area contributed by atoms with Crippen molar-refractivity contribution in [3.8, 4) is 0 Å². The number of carbonyl (C=O) groups is 2. The lowest BCUT2D eigenvalue weighted by Gasteiger charge is -2.28. The van der Waals surface area contributed by atoms with Crippen LogP contribution in [0.4, 0.5) is 0 Å². The summed E-state index contributed by atoms with van der Waals surface area (Å²) < 4.78 is 34.2. The monoisotopic (exact) mass is 1170 g/mol. The number of unbranched alkanes of at least 4 members (excludes halogenated alkanes) is 21. The zero-order chi connectivity index (χ0) is 60.5. The quantitative estimate of drug-likeness (QED) is 0.0195. The fourth-order valence-corrected chi connectivity index (χ4v) is 9.27. The number of allylic oxidation sites excluding steroid dienone is 24. The predicted octanol–water partition coefficient (Wildman–Crippen LogP) is 20.8. The van der Waals surface area contributed by atoms with E-state index in [0.717, 1.165) is 135 Å². The molecule has 0 heterocycles. The van der Waals surface area contributed by atoms with Gasteiger partial charge in [0.25, 0.3) is 7.82 Å². The fraction of sp³-hybridized carbons (Fsp3) is 0.644. The maximum atomic E-state index is 12.8. The predicted molar refractivity (Wildman–Crippen MR) is 355 cm³/mol. The standard InChI is InChI=1S/C73H122NO8P/c1-6-8-10-12-14-16-18-20-22-24-26-27-28-29-30-31-32-33-34-35-36-37-38-39-40-41-42-43-44-45-46-47-48-50-52-54-56-58-60-62-64-66-73(76)82-71(70-81-83(77,78)80-68-67-74(3,4)5)69-79-72(75)65-63-61-59-57-55-53-51-49-25-23-21-19-17-15-13-11-9-7-2/h8,10,14,16,20,22-23,25-27,29-30,32-33,35-36,38-39,41-42,44-45,47-48,71H,6-7,9,11-13,15,17-19,21,24,28,31,34,37,40,43,46,49-70H2,1-5H3/b10-8-,16-14-,22-20-,25-23-,27-26-,30-29-,33-32-,36-35-,39-38-,42-41-,45-44-,48-47-. The Morgan fingerprint density at radius 1 is 0.386 bits per heavy atom. The Labute approximate surface area is 510 Å². The minimum Gasteiger partial charge on any atom is -0.756 e. The molecule has 0 amide bonds. The van der Waals surface area contributed by atoms with Crippen molar-refractivity contribution in [3.63, 3.8) is 0 Å². The molecule has 0 saturated carbocycles. The Hall–Kier alpha value is -4.11. The molecule has 0 aromatic heterocycles. The molecule has 9 nitrogen and oxygen atoms in total. The van der Waals surface area contributed by atoms with Crippen molar-refractivity contribution in [3.05, 3.63) is 146 Å². The van der Waals surface area contributed by atoms with Crippen molar-refractivity contribution < 1.29 is 42.1 Å². The molecule has 2 unspecified atom stereocenters. The van der Waals surface area contributed by atoms with Gasteiger partial charge in [-0.1, -0.05) is 262 Å². The third-order valence-corrected chi connectivity index (χ3v) is 14.6. The average Bonchev–Trinajstić information content (AvgIpc) is 3.48. The second-order valence-corrected chi connectivity index (χ2v) is 24.2. The minimum atomic E-state index is -4.65. The smallest absolute Gasteiger partial charge is 0.306 e. The first-order chi connectivity index (χ1) is 40.5. The number of carbonyl (C=O) groups excluding carboxylic acids is 2. The molecule has 0 fully saturated rings. The van der Waals surface area contributed by atoms with Crippen LogP contribution in [0.25, 0.3) is 0 Å². The third kappa shape index (κ3) is 66.9. The summed E-state index contributed by atoms with van der Waals surface area (Å²) >= 11 is 0. The highest BCUT2D eigenvalue weighted by molar-refractivity contribution is 7.45. The van der Waals surface area contributed by atoms with E-state index in [2.05, 4.69) is 160 Å². The van der Waals surface area contributed by atoms with E-state index in [1.807, 2.05) is 21.1 Å². The molecule has 0 aliphatic heterocycles. The summed E-state index contributed by atoms with van der Waals surface area (Å²) in [7, 11) is 1.14. The Morgan fingerprint density at radius 3 is 1.04 bits per heavy atom. The number of hydrogen-bond acceptors (Lipinski definition) is 8. The first kappa shape index (κ1) is 78.9. The number of phosphoric acid groups is 1. The van der Waals surface area contributed by atoms with Crippen LogP contribution in [0.15, 0.2) is 146 Å². The third-order valence-electron chi connectivity index (χ3n) is 13.6. The molecular formula is C73H122NO8P. The molecule has 0 aliphatic rings. The number of hydrogen-bond donors (Lipinski definition) is 0. The van der Waals surface area contributed by atoms with Gasteiger partial charge in [-0.2, -0.15) is 0 Å². The van der Waals surface area contributed by atoms with Gasteiger partial charge in [0.05, 0.1) is 27.7 Å². The van der Waals surface area contributed by atoms with E-state index >= 15 is 0 Å². The second kappa shape index (κ2) is 62.4. The van der Waals surface area contributed by atoms with E-state index in [-0.39, 0.29) is 26.1 Å². The second-order valence-electron chi connectivity index (χ2n) is 22.7. The topological polar surface area (TPSA) is 111 Å². The maximum absolute atomic E-state index is 12.8. The van der Waals surface area contributed by atoms with Gasteiger partial charge >= 0.3 is 11.9 Å². The Balaban J connectivity index is 4.14. The lowest BCUT2D eigenvalue weighted by Crippen LogP contribution is -2.37. The van der Waals surface area contributed by atoms with Crippen molar-refractivity contribution in [2.75, 3.05) is 47.5 Å². The van der Waals surface area contributed by atoms with Crippen LogP contribution in [0.2, 0.25) is 0 Å². The van der Waals surface area contributed by atoms with Gasteiger partial charge in [-0.05, 0) is 122 Å². The number of nitrogens with zero attached hydrogens (tertiary/aromatic N) is 1. The molecule has 0 aromatic rings. The first-order valence-corrected chi connectivity index (χ1v) is 34.5. The van der Waals surface area contributed by atoms with E-state index in [9.17, 15) is 19.0 Å². The highest BCUT2D eigenvalue weighted by Gasteiger charge is 2.22. The number of phosphoric ester groups is 1. The summed E-state index contributed by atoms with van der Waals surface area (Å²) in [5.74, 6) is -0.857. The lowest BCUT2D eigenvalue weighted by atomic mass is 10.1. The van der Waals surface area contributed by atoms with Crippen molar-refractivity contribution in [1.29, 1.82) is 0 Å². The van der Waals surface area contributed by atoms with E-state index in [4.69, 9.17) is 18.5 Å². The normalized spacial score (nSPS) is 14.1. The molecule has 0 aromatic carbocycles. The zero-order valence-corrected chi connectivity index (χ0v) is 54.5. The molecular weight excluding hydrogens is 1050 g/mol. The van der Waals surface area contributed by atoms with Gasteiger partial charge in [0.2, 0.25) is 0 Å². The van der Waals surface area contributed by atoms with Crippen LogP contribution in [0.5, 0.6) is 0 Å². The van der Waals surface area contributed by atoms with Gasteiger partial charge in [-0.25, -0.2) is 0 Å². The minimum absolute atomic E-state index is 0.0404. The van der Waals surface area contributed by atoms with Gasteiger partial charge in [0, 0.05) is 12.8 Å². The highest BCUT2D eigenvalue weighted by Crippen LogP contribution is 2.38. The van der Waals surface area contributed by atoms with Gasteiger partial charge < -0.3 is 27.9 Å². The van der Waals surface area contributed by atoms with Crippen LogP contribution >= 0.6 is 7.82 Å². The van der Waals surface area contributed by atoms with Crippen molar-refractivity contribution >= 4 is 19.8 Å². The van der Waals surface area contributed by atoms with Crippen LogP contribution in [0.3, 0.4) is 0 Å². The van der Waals surface area contributed by atoms with Crippen LogP contribution < -0.4 is 4.89 Å². The summed E-state index contributed by atoms with van der Waals surface area (Å²) in [6.07, 6.45) is 92.0. The van der Waals surface area contributed by atoms with Gasteiger partial charge in [0.15, 0.2) is 6.10 Å². The zero-order valence-electron chi connectivity index (χ0n) is 53.6. The Bertz CT molecular complexity index is 1910. The number of likely N-dealkylation sites (N-methyl/N-ethyl adjacent to an activating group) is 1. The van der Waals surface area contributed by atoms with Gasteiger partial charge in [-0.3, -0.25) is 14.2 Å². The van der Waals surface area contributed by atoms with Crippen LogP contribution in [-0.2, 0) is 32.7 Å². The maximum Gasteiger partial charge on any atom is 0.306 e. The number of quaternary nitrogens is 1. The Morgan fingerprint density at radius 2 is 0.687 bits per heavy atom. The van der Waals surface area contributed by atoms with Gasteiger partial charge in [-0.15, -0.1) is 0 Å². The highest BCUT2D eigenvalue weighted by atomic mass is 31.2. The molecule has 10 heteroatoms. The van der Waals surface area contributed by atoms with E-state index in [0.29, 0.717) is 17.4 Å². The SMILES string of the molecule is CC/C=C\C/C=C\C/C=C\C/C=C\C/C=C\C/C=C\C/C=C\C/C=C\C/C=C\C/C=C\C/C=C\CCCCCCCCCC(=O)OC(COC(=O)CCCCCCCCC/C=C\CCCCCCCCC)COP(=O)([O-])OCC[N+](C)(C)C. The summed E-state index contributed by atoms with van der Waals surface area (Å²) in [5.41, 5.74) is 0. The van der Waals surface area contributed by atoms with Crippen molar-refractivity contribution in [2.45, 2.75) is 258 Å². The number of ether oxygens (including phenoxy) is 2. The van der Waals surface area contributed by atoms with Crippen LogP contribution in [-0.4, -0.2) is 70.0 Å². The molecule has 0 radical (unpaired) electrons. The molecule has 0 rings (SSSR count). The summed E-state index contributed by atoms with van der Waals surface area (Å²) in [5, 5.41) is 0. The number of rotatable bonds is 59. The van der Waals surface area contributed by atoms with Crippen LogP contribution in [0.1, 0.15) is 251 Å². The summed E-state index contributed by atoms with van der Waals surface area (Å²) in [6.45, 7) is 4.10. The molecule has 0 bridgehead atoms. The van der Waals surface area contributed by atoms with Crippen molar-refractivity contribution in [1.82, 2.24) is 0 Å². The van der Waals surface area contributed by atoms with E-state index in [1.54, 1.807) is 0 Å². The molecule has 0 saturated heterocycles. The molecule has 472 valence electrons. The average molecular weight is 1170 g/mol. The molecule has 2 atom stereocenters. The molecule has 83 heavy (non-hydrogen) atoms. The summed E-state index contributed by atoms with van der Waals surface area (Å²) in [4.78, 5) is 37.9. The van der Waals surface area contributed by atoms with E-state index in [1.165, 1.54) is 83.5 Å². The van der Waals surface area contributed by atoms with Gasteiger partial charge in [0.1, 0.15) is 19.8 Å². The largest absolute Gasteiger partial charge is 0.756 e. The van der Waals surface area contributed by atoms with Crippen LogP contribution in [0, 0.1) is 0 Å². The molecule has 0 N–H and O–H groups in total. The summed E-state index contributed by atoms with van der Waals surface area (Å²) in [6, 6.07) is 0. The first-order valence-electron chi connectivity index (χ1n) is 33.0. The lowest BCUT2D eigenvalue weighted by molar-refractivity contribution is -0.870.